The van der Waals surface area contributed by atoms with Crippen molar-refractivity contribution >= 4 is 5.91 Å². The topological polar surface area (TPSA) is 67.6 Å². The zero-order chi connectivity index (χ0) is 12.8. The summed E-state index contributed by atoms with van der Waals surface area (Å²) in [6.07, 6.45) is 3.27. The number of rotatable bonds is 7. The third-order valence-electron chi connectivity index (χ3n) is 3.18. The molecule has 0 saturated carbocycles. The van der Waals surface area contributed by atoms with Crippen LogP contribution in [0.5, 0.6) is 0 Å². The lowest BCUT2D eigenvalue weighted by Gasteiger charge is -2.30. The second-order valence-electron chi connectivity index (χ2n) is 4.36. The van der Waals surface area contributed by atoms with Crippen molar-refractivity contribution in [2.24, 2.45) is 5.73 Å². The Morgan fingerprint density at radius 2 is 2.41 bits per heavy atom. The number of ether oxygens (including phenoxy) is 1. The van der Waals surface area contributed by atoms with Crippen molar-refractivity contribution in [1.82, 2.24) is 10.2 Å². The molecule has 0 bridgehead atoms. The third-order valence-corrected chi connectivity index (χ3v) is 3.18. The summed E-state index contributed by atoms with van der Waals surface area (Å²) in [6, 6.07) is -0.196. The number of nitrogens with one attached hydrogen (secondary N) is 1. The van der Waals surface area contributed by atoms with Gasteiger partial charge in [-0.3, -0.25) is 4.79 Å². The van der Waals surface area contributed by atoms with Crippen molar-refractivity contribution in [3.63, 3.8) is 0 Å². The molecule has 98 valence electrons. The fourth-order valence-corrected chi connectivity index (χ4v) is 2.05. The molecular formula is C12H23N3O2. The molecule has 0 aromatic heterocycles. The van der Waals surface area contributed by atoms with Crippen LogP contribution in [-0.4, -0.2) is 43.3 Å². The molecule has 2 atom stereocenters. The van der Waals surface area contributed by atoms with E-state index in [4.69, 9.17) is 10.5 Å². The van der Waals surface area contributed by atoms with Gasteiger partial charge in [-0.2, -0.15) is 0 Å². The second-order valence-corrected chi connectivity index (χ2v) is 4.36. The summed E-state index contributed by atoms with van der Waals surface area (Å²) in [4.78, 5) is 13.1. The molecule has 1 aliphatic heterocycles. The standard InChI is InChI=1S/C12H23N3O2/c1-4-5-6-10(14-3)9(2)15-8-17-7-11(15)12(13)16/h10-11,14H,2,4-8H2,1,3H3,(H2,13,16)/t10-,11-/m0/s1. The van der Waals surface area contributed by atoms with Gasteiger partial charge in [-0.15, -0.1) is 0 Å². The predicted octanol–water partition coefficient (Wildman–Crippen LogP) is 0.422. The van der Waals surface area contributed by atoms with Crippen molar-refractivity contribution in [3.8, 4) is 0 Å². The third kappa shape index (κ3) is 3.44. The highest BCUT2D eigenvalue weighted by Crippen LogP contribution is 2.20. The van der Waals surface area contributed by atoms with Gasteiger partial charge in [0.2, 0.25) is 5.91 Å². The molecular weight excluding hydrogens is 218 g/mol. The summed E-state index contributed by atoms with van der Waals surface area (Å²) >= 11 is 0. The minimum atomic E-state index is -0.375. The van der Waals surface area contributed by atoms with Gasteiger partial charge >= 0.3 is 0 Å². The van der Waals surface area contributed by atoms with Crippen molar-refractivity contribution in [1.29, 1.82) is 0 Å². The van der Waals surface area contributed by atoms with E-state index in [-0.39, 0.29) is 18.0 Å². The number of carbonyl (C=O) groups is 1. The summed E-state index contributed by atoms with van der Waals surface area (Å²) in [5, 5.41) is 3.22. The van der Waals surface area contributed by atoms with Gasteiger partial charge in [0, 0.05) is 11.7 Å². The van der Waals surface area contributed by atoms with Crippen LogP contribution in [0.2, 0.25) is 0 Å². The van der Waals surface area contributed by atoms with E-state index in [1.807, 2.05) is 11.9 Å². The molecule has 0 aromatic rings. The van der Waals surface area contributed by atoms with E-state index in [1.165, 1.54) is 0 Å². The SMILES string of the molecule is C=C([C@H](CCCC)NC)N1COC[C@H]1C(N)=O. The predicted molar refractivity (Wildman–Crippen MR) is 67.2 cm³/mol. The maximum Gasteiger partial charge on any atom is 0.242 e. The van der Waals surface area contributed by atoms with E-state index in [2.05, 4.69) is 18.8 Å². The fourth-order valence-electron chi connectivity index (χ4n) is 2.05. The Morgan fingerprint density at radius 1 is 1.71 bits per heavy atom. The second kappa shape index (κ2) is 6.61. The van der Waals surface area contributed by atoms with Gasteiger partial charge in [0.1, 0.15) is 12.8 Å². The summed E-state index contributed by atoms with van der Waals surface area (Å²) < 4.78 is 5.29. The van der Waals surface area contributed by atoms with Crippen LogP contribution in [0.3, 0.4) is 0 Å². The first-order valence-corrected chi connectivity index (χ1v) is 6.11. The monoisotopic (exact) mass is 241 g/mol. The Labute approximate surface area is 103 Å². The van der Waals surface area contributed by atoms with Gasteiger partial charge in [-0.05, 0) is 13.5 Å². The van der Waals surface area contributed by atoms with Gasteiger partial charge in [0.15, 0.2) is 0 Å². The minimum Gasteiger partial charge on any atom is -0.368 e. The normalized spacial score (nSPS) is 21.5. The highest BCUT2D eigenvalue weighted by molar-refractivity contribution is 5.80. The maximum atomic E-state index is 11.3. The first-order chi connectivity index (χ1) is 8.11. The van der Waals surface area contributed by atoms with E-state index in [9.17, 15) is 4.79 Å². The summed E-state index contributed by atoms with van der Waals surface area (Å²) in [6.45, 7) is 6.98. The largest absolute Gasteiger partial charge is 0.368 e. The molecule has 1 amide bonds. The molecule has 0 aliphatic carbocycles. The first kappa shape index (κ1) is 14.0. The van der Waals surface area contributed by atoms with Crippen LogP contribution in [0.15, 0.2) is 12.3 Å². The molecule has 17 heavy (non-hydrogen) atoms. The number of unbranched alkanes of at least 4 members (excludes halogenated alkanes) is 1. The van der Waals surface area contributed by atoms with Crippen LogP contribution in [0, 0.1) is 0 Å². The quantitative estimate of drug-likeness (QED) is 0.678. The molecule has 1 fully saturated rings. The number of hydrogen-bond acceptors (Lipinski definition) is 4. The van der Waals surface area contributed by atoms with E-state index >= 15 is 0 Å². The number of primary amides is 1. The van der Waals surface area contributed by atoms with Crippen LogP contribution in [-0.2, 0) is 9.53 Å². The highest BCUT2D eigenvalue weighted by Gasteiger charge is 2.32. The lowest BCUT2D eigenvalue weighted by molar-refractivity contribution is -0.121. The molecule has 5 heteroatoms. The number of amides is 1. The average molecular weight is 241 g/mol. The van der Waals surface area contributed by atoms with Gasteiger partial charge in [0.25, 0.3) is 0 Å². The van der Waals surface area contributed by atoms with E-state index < -0.39 is 0 Å². The van der Waals surface area contributed by atoms with Crippen LogP contribution in [0.1, 0.15) is 26.2 Å². The molecule has 5 nitrogen and oxygen atoms in total. The number of likely N-dealkylation sites (N-methyl/N-ethyl adjacent to an activating group) is 1. The Balaban J connectivity index is 2.63. The number of nitrogens with two attached hydrogens (primary N) is 1. The minimum absolute atomic E-state index is 0.179. The van der Waals surface area contributed by atoms with Crippen LogP contribution >= 0.6 is 0 Å². The molecule has 3 N–H and O–H groups in total. The van der Waals surface area contributed by atoms with Crippen LogP contribution in [0.4, 0.5) is 0 Å². The molecule has 1 heterocycles. The van der Waals surface area contributed by atoms with E-state index in [0.717, 1.165) is 25.0 Å². The number of hydrogen-bond donors (Lipinski definition) is 2. The van der Waals surface area contributed by atoms with Crippen LogP contribution in [0.25, 0.3) is 0 Å². The number of nitrogens with zero attached hydrogens (tertiary/aromatic N) is 1. The van der Waals surface area contributed by atoms with Crippen molar-refractivity contribution in [2.75, 3.05) is 20.4 Å². The van der Waals surface area contributed by atoms with E-state index in [0.29, 0.717) is 13.3 Å². The zero-order valence-corrected chi connectivity index (χ0v) is 10.7. The van der Waals surface area contributed by atoms with Gasteiger partial charge in [-0.25, -0.2) is 0 Å². The summed E-state index contributed by atoms with van der Waals surface area (Å²) in [5.41, 5.74) is 6.24. The maximum absolute atomic E-state index is 11.3. The molecule has 1 saturated heterocycles. The van der Waals surface area contributed by atoms with Crippen molar-refractivity contribution in [2.45, 2.75) is 38.3 Å². The zero-order valence-electron chi connectivity index (χ0n) is 10.7. The van der Waals surface area contributed by atoms with Crippen LogP contribution < -0.4 is 11.1 Å². The van der Waals surface area contributed by atoms with Gasteiger partial charge in [-0.1, -0.05) is 26.3 Å². The lowest BCUT2D eigenvalue weighted by Crippen LogP contribution is -2.45. The Bertz CT molecular complexity index is 281. The molecule has 0 spiro atoms. The van der Waals surface area contributed by atoms with Gasteiger partial charge in [0.05, 0.1) is 6.61 Å². The summed E-state index contributed by atoms with van der Waals surface area (Å²) in [5.74, 6) is -0.353. The van der Waals surface area contributed by atoms with Crippen molar-refractivity contribution < 1.29 is 9.53 Å². The van der Waals surface area contributed by atoms with Gasteiger partial charge < -0.3 is 20.7 Å². The molecule has 1 rings (SSSR count). The highest BCUT2D eigenvalue weighted by atomic mass is 16.5. The number of carbonyl (C=O) groups excluding carboxylic acids is 1. The molecule has 0 aromatic carbocycles. The van der Waals surface area contributed by atoms with E-state index in [1.54, 1.807) is 0 Å². The smallest absolute Gasteiger partial charge is 0.242 e. The summed E-state index contributed by atoms with van der Waals surface area (Å²) in [7, 11) is 1.90. The van der Waals surface area contributed by atoms with Crippen molar-refractivity contribution in [3.05, 3.63) is 12.3 Å². The lowest BCUT2D eigenvalue weighted by atomic mass is 10.1. The Morgan fingerprint density at radius 3 is 2.94 bits per heavy atom. The average Bonchev–Trinajstić information content (AvgIpc) is 2.78. The molecule has 0 unspecified atom stereocenters. The Kier molecular flexibility index (Phi) is 5.44. The first-order valence-electron chi connectivity index (χ1n) is 6.11. The molecule has 0 radical (unpaired) electrons. The fraction of sp³-hybridized carbons (Fsp3) is 0.750. The molecule has 1 aliphatic rings. The Hall–Kier alpha value is -1.07.